The van der Waals surface area contributed by atoms with Crippen molar-refractivity contribution in [3.05, 3.63) is 0 Å². The topological polar surface area (TPSA) is 89.3 Å². The van der Waals surface area contributed by atoms with E-state index in [0.717, 1.165) is 0 Å². The lowest BCUT2D eigenvalue weighted by molar-refractivity contribution is -0.118. The van der Waals surface area contributed by atoms with E-state index in [0.29, 0.717) is 0 Å². The van der Waals surface area contributed by atoms with E-state index in [1.165, 1.54) is 20.8 Å². The van der Waals surface area contributed by atoms with Crippen molar-refractivity contribution in [3.8, 4) is 0 Å². The number of hydrogen-bond donors (Lipinski definition) is 2. The van der Waals surface area contributed by atoms with Crippen LogP contribution in [0.2, 0.25) is 0 Å². The summed E-state index contributed by atoms with van der Waals surface area (Å²) in [5, 5.41) is 0. The molecule has 12 heavy (non-hydrogen) atoms. The number of amides is 1. The first kappa shape index (κ1) is 11.4. The average molecular weight is 194 g/mol. The molecule has 0 atom stereocenters. The molecule has 0 fully saturated rings. The third-order valence-electron chi connectivity index (χ3n) is 1.42. The molecular weight excluding hydrogens is 180 g/mol. The summed E-state index contributed by atoms with van der Waals surface area (Å²) in [6, 6.07) is 0. The summed E-state index contributed by atoms with van der Waals surface area (Å²) in [6.07, 6.45) is 0. The lowest BCUT2D eigenvalue weighted by Crippen LogP contribution is -2.40. The van der Waals surface area contributed by atoms with Gasteiger partial charge in [-0.15, -0.1) is 0 Å². The summed E-state index contributed by atoms with van der Waals surface area (Å²) in [5.41, 5.74) is 1.78. The molecular formula is C6H14N2O3S. The van der Waals surface area contributed by atoms with E-state index in [2.05, 4.69) is 0 Å². The molecule has 0 unspecified atom stereocenters. The summed E-state index contributed by atoms with van der Waals surface area (Å²) < 4.78 is 21.7. The Morgan fingerprint density at radius 3 is 2.08 bits per heavy atom. The van der Waals surface area contributed by atoms with Gasteiger partial charge >= 0.3 is 0 Å². The van der Waals surface area contributed by atoms with Crippen LogP contribution in [0, 0.1) is 0 Å². The van der Waals surface area contributed by atoms with Crippen LogP contribution in [0.15, 0.2) is 0 Å². The van der Waals surface area contributed by atoms with Crippen LogP contribution < -0.4 is 11.3 Å². The fraction of sp³-hybridized carbons (Fsp3) is 0.833. The molecule has 72 valence electrons. The fourth-order valence-corrected chi connectivity index (χ4v) is 1.29. The van der Waals surface area contributed by atoms with Crippen molar-refractivity contribution in [3.63, 3.8) is 0 Å². The van der Waals surface area contributed by atoms with Gasteiger partial charge in [0.25, 0.3) is 0 Å². The molecule has 3 N–H and O–H groups in total. The van der Waals surface area contributed by atoms with Crippen LogP contribution in [-0.4, -0.2) is 24.8 Å². The lowest BCUT2D eigenvalue weighted by atomic mass is 10.3. The number of rotatable bonds is 2. The second-order valence-electron chi connectivity index (χ2n) is 3.44. The van der Waals surface area contributed by atoms with Crippen LogP contribution in [0.25, 0.3) is 0 Å². The van der Waals surface area contributed by atoms with Crippen LogP contribution in [0.1, 0.15) is 20.8 Å². The van der Waals surface area contributed by atoms with E-state index in [1.54, 1.807) is 5.43 Å². The van der Waals surface area contributed by atoms with Crippen molar-refractivity contribution in [2.24, 2.45) is 5.84 Å². The largest absolute Gasteiger partial charge is 0.293 e. The van der Waals surface area contributed by atoms with Gasteiger partial charge < -0.3 is 0 Å². The average Bonchev–Trinajstić information content (AvgIpc) is 1.84. The van der Waals surface area contributed by atoms with E-state index in [-0.39, 0.29) is 0 Å². The molecule has 0 aliphatic heterocycles. The van der Waals surface area contributed by atoms with Gasteiger partial charge in [-0.25, -0.2) is 14.3 Å². The normalized spacial score (nSPS) is 12.7. The Morgan fingerprint density at radius 1 is 1.42 bits per heavy atom. The van der Waals surface area contributed by atoms with Crippen LogP contribution in [0.4, 0.5) is 0 Å². The standard InChI is InChI=1S/C6H14N2O3S/c1-6(2,3)12(10,11)4-5(9)8-7/h4,7H2,1-3H3,(H,8,9). The highest BCUT2D eigenvalue weighted by Gasteiger charge is 2.30. The third kappa shape index (κ3) is 2.78. The smallest absolute Gasteiger partial charge is 0.249 e. The van der Waals surface area contributed by atoms with Gasteiger partial charge in [-0.1, -0.05) is 0 Å². The second-order valence-corrected chi connectivity index (χ2v) is 6.18. The highest BCUT2D eigenvalue weighted by molar-refractivity contribution is 7.93. The van der Waals surface area contributed by atoms with Crippen LogP contribution >= 0.6 is 0 Å². The van der Waals surface area contributed by atoms with Gasteiger partial charge in [-0.05, 0) is 20.8 Å². The molecule has 0 aliphatic carbocycles. The maximum atomic E-state index is 11.3. The monoisotopic (exact) mass is 194 g/mol. The fourth-order valence-electron chi connectivity index (χ4n) is 0.431. The van der Waals surface area contributed by atoms with E-state index in [9.17, 15) is 13.2 Å². The molecule has 0 rings (SSSR count). The zero-order valence-corrected chi connectivity index (χ0v) is 8.23. The van der Waals surface area contributed by atoms with E-state index in [4.69, 9.17) is 5.84 Å². The van der Waals surface area contributed by atoms with Crippen LogP contribution in [0.3, 0.4) is 0 Å². The van der Waals surface area contributed by atoms with Crippen molar-refractivity contribution in [2.45, 2.75) is 25.5 Å². The molecule has 0 aromatic rings. The summed E-state index contributed by atoms with van der Waals surface area (Å²) in [5.74, 6) is 3.51. The quantitative estimate of drug-likeness (QED) is 0.342. The predicted octanol–water partition coefficient (Wildman–Crippen LogP) is -0.810. The minimum absolute atomic E-state index is 0.562. The van der Waals surface area contributed by atoms with Gasteiger partial charge in [0.05, 0.1) is 4.75 Å². The molecule has 0 spiro atoms. The first-order valence-electron chi connectivity index (χ1n) is 3.42. The van der Waals surface area contributed by atoms with Crippen LogP contribution in [-0.2, 0) is 14.6 Å². The van der Waals surface area contributed by atoms with E-state index < -0.39 is 26.2 Å². The molecule has 0 aliphatic rings. The van der Waals surface area contributed by atoms with Crippen molar-refractivity contribution in [1.29, 1.82) is 0 Å². The maximum absolute atomic E-state index is 11.3. The highest BCUT2D eigenvalue weighted by Crippen LogP contribution is 2.15. The molecule has 0 radical (unpaired) electrons. The van der Waals surface area contributed by atoms with Gasteiger partial charge in [-0.2, -0.15) is 0 Å². The van der Waals surface area contributed by atoms with Gasteiger partial charge in [0.1, 0.15) is 5.75 Å². The summed E-state index contributed by atoms with van der Waals surface area (Å²) in [7, 11) is -3.40. The Morgan fingerprint density at radius 2 is 1.83 bits per heavy atom. The number of hydrogen-bond acceptors (Lipinski definition) is 4. The van der Waals surface area contributed by atoms with E-state index >= 15 is 0 Å². The SMILES string of the molecule is CC(C)(C)S(=O)(=O)CC(=O)NN. The Balaban J connectivity index is 4.58. The molecule has 0 bridgehead atoms. The lowest BCUT2D eigenvalue weighted by Gasteiger charge is -2.17. The van der Waals surface area contributed by atoms with Crippen molar-refractivity contribution in [2.75, 3.05) is 5.75 Å². The minimum Gasteiger partial charge on any atom is -0.293 e. The zero-order valence-electron chi connectivity index (χ0n) is 7.42. The van der Waals surface area contributed by atoms with Crippen molar-refractivity contribution in [1.82, 2.24) is 5.43 Å². The maximum Gasteiger partial charge on any atom is 0.249 e. The Kier molecular flexibility index (Phi) is 3.23. The number of nitrogens with two attached hydrogens (primary N) is 1. The number of hydrazine groups is 1. The molecule has 0 saturated carbocycles. The van der Waals surface area contributed by atoms with Gasteiger partial charge in [0, 0.05) is 0 Å². The Hall–Kier alpha value is -0.620. The Bertz CT molecular complexity index is 263. The second kappa shape index (κ2) is 3.40. The van der Waals surface area contributed by atoms with Gasteiger partial charge in [-0.3, -0.25) is 10.2 Å². The van der Waals surface area contributed by atoms with Gasteiger partial charge in [0.2, 0.25) is 5.91 Å². The predicted molar refractivity (Wildman–Crippen MR) is 45.9 cm³/mol. The summed E-state index contributed by atoms with van der Waals surface area (Å²) in [4.78, 5) is 10.7. The number of carbonyl (C=O) groups excluding carboxylic acids is 1. The van der Waals surface area contributed by atoms with Crippen LogP contribution in [0.5, 0.6) is 0 Å². The van der Waals surface area contributed by atoms with Crippen molar-refractivity contribution >= 4 is 15.7 Å². The third-order valence-corrected chi connectivity index (χ3v) is 3.92. The molecule has 0 saturated heterocycles. The number of sulfone groups is 1. The molecule has 0 aromatic heterocycles. The van der Waals surface area contributed by atoms with E-state index in [1.807, 2.05) is 0 Å². The minimum atomic E-state index is -3.40. The first-order valence-corrected chi connectivity index (χ1v) is 5.07. The molecule has 5 nitrogen and oxygen atoms in total. The molecule has 0 aromatic carbocycles. The molecule has 1 amide bonds. The number of carbonyl (C=O) groups is 1. The first-order chi connectivity index (χ1) is 5.20. The van der Waals surface area contributed by atoms with Crippen molar-refractivity contribution < 1.29 is 13.2 Å². The molecule has 6 heteroatoms. The highest BCUT2D eigenvalue weighted by atomic mass is 32.2. The Labute approximate surface area is 72.2 Å². The summed E-state index contributed by atoms with van der Waals surface area (Å²) >= 11 is 0. The zero-order chi connectivity index (χ0) is 9.99. The molecule has 0 heterocycles. The summed E-state index contributed by atoms with van der Waals surface area (Å²) in [6.45, 7) is 4.60. The van der Waals surface area contributed by atoms with Gasteiger partial charge in [0.15, 0.2) is 9.84 Å². The number of nitrogens with one attached hydrogen (secondary N) is 1.